The lowest BCUT2D eigenvalue weighted by atomic mass is 9.94. The number of nitrogens with zero attached hydrogens (tertiary/aromatic N) is 3. The van der Waals surface area contributed by atoms with Crippen molar-refractivity contribution in [1.29, 1.82) is 0 Å². The van der Waals surface area contributed by atoms with Crippen LogP contribution in [0.15, 0.2) is 34.9 Å². The van der Waals surface area contributed by atoms with Crippen LogP contribution in [0.1, 0.15) is 33.1 Å². The number of benzene rings is 1. The molecule has 29 heavy (non-hydrogen) atoms. The fourth-order valence-electron chi connectivity index (χ4n) is 3.40. The molecule has 0 saturated carbocycles. The minimum Gasteiger partial charge on any atom is -0.356 e. The first-order chi connectivity index (χ1) is 13.8. The zero-order chi connectivity index (χ0) is 20.9. The zero-order valence-corrected chi connectivity index (χ0v) is 17.3. The van der Waals surface area contributed by atoms with Crippen LogP contribution in [0.4, 0.5) is 0 Å². The van der Waals surface area contributed by atoms with Crippen LogP contribution in [0.2, 0.25) is 0 Å². The van der Waals surface area contributed by atoms with E-state index in [1.54, 1.807) is 0 Å². The number of aromatic nitrogens is 2. The Kier molecular flexibility index (Phi) is 6.64. The quantitative estimate of drug-likeness (QED) is 0.734. The Morgan fingerprint density at radius 1 is 1.31 bits per heavy atom. The summed E-state index contributed by atoms with van der Waals surface area (Å²) >= 11 is 0. The van der Waals surface area contributed by atoms with E-state index in [2.05, 4.69) is 46.4 Å². The van der Waals surface area contributed by atoms with Crippen molar-refractivity contribution in [1.82, 2.24) is 25.7 Å². The zero-order valence-electron chi connectivity index (χ0n) is 17.3. The first-order valence-electron chi connectivity index (χ1n) is 9.98. The van der Waals surface area contributed by atoms with Gasteiger partial charge in [0.2, 0.25) is 23.5 Å². The fourth-order valence-corrected chi connectivity index (χ4v) is 3.40. The topological polar surface area (TPSA) is 100 Å². The Balaban J connectivity index is 1.49. The lowest BCUT2D eigenvalue weighted by Crippen LogP contribution is -2.58. The van der Waals surface area contributed by atoms with E-state index in [0.717, 1.165) is 18.7 Å². The summed E-state index contributed by atoms with van der Waals surface area (Å²) in [5, 5.41) is 9.69. The smallest absolute Gasteiger partial charge is 0.237 e. The Morgan fingerprint density at radius 2 is 2.07 bits per heavy atom. The van der Waals surface area contributed by atoms with Crippen LogP contribution < -0.4 is 10.6 Å². The molecule has 3 rings (SSSR count). The molecular weight excluding hydrogens is 370 g/mol. The van der Waals surface area contributed by atoms with Gasteiger partial charge in [0.1, 0.15) is 0 Å². The second-order valence-electron chi connectivity index (χ2n) is 8.52. The van der Waals surface area contributed by atoms with Gasteiger partial charge in [-0.15, -0.1) is 0 Å². The van der Waals surface area contributed by atoms with Crippen LogP contribution >= 0.6 is 0 Å². The second-order valence-corrected chi connectivity index (χ2v) is 8.52. The van der Waals surface area contributed by atoms with Crippen molar-refractivity contribution in [2.45, 2.75) is 39.7 Å². The van der Waals surface area contributed by atoms with Crippen molar-refractivity contribution in [2.75, 3.05) is 26.2 Å². The Morgan fingerprint density at radius 3 is 2.79 bits per heavy atom. The van der Waals surface area contributed by atoms with Gasteiger partial charge in [0.25, 0.3) is 0 Å². The number of amides is 2. The molecule has 1 fully saturated rings. The molecule has 0 spiro atoms. The monoisotopic (exact) mass is 399 g/mol. The molecule has 0 aliphatic carbocycles. The van der Waals surface area contributed by atoms with Gasteiger partial charge in [0.05, 0.1) is 12.5 Å². The van der Waals surface area contributed by atoms with Gasteiger partial charge in [-0.2, -0.15) is 4.98 Å². The maximum atomic E-state index is 12.4. The molecule has 156 valence electrons. The molecule has 8 nitrogen and oxygen atoms in total. The summed E-state index contributed by atoms with van der Waals surface area (Å²) in [7, 11) is 0. The molecule has 1 unspecified atom stereocenters. The summed E-state index contributed by atoms with van der Waals surface area (Å²) in [5.41, 5.74) is 0.939. The average molecular weight is 399 g/mol. The average Bonchev–Trinajstić information content (AvgIpc) is 3.13. The van der Waals surface area contributed by atoms with Crippen LogP contribution in [-0.2, 0) is 16.0 Å². The SMILES string of the molecule is CC(C)(C)CN1CCNC(=O)C1CC(=O)NCCc1nc(-c2ccccc2)no1. The maximum absolute atomic E-state index is 12.4. The highest BCUT2D eigenvalue weighted by molar-refractivity contribution is 5.88. The van der Waals surface area contributed by atoms with Gasteiger partial charge in [0.15, 0.2) is 0 Å². The normalized spacial score (nSPS) is 17.8. The molecule has 2 heterocycles. The lowest BCUT2D eigenvalue weighted by molar-refractivity contribution is -0.134. The number of carbonyl (C=O) groups is 2. The van der Waals surface area contributed by atoms with Crippen molar-refractivity contribution in [3.8, 4) is 11.4 Å². The molecule has 0 radical (unpaired) electrons. The molecule has 2 aromatic rings. The van der Waals surface area contributed by atoms with Crippen LogP contribution in [0.25, 0.3) is 11.4 Å². The van der Waals surface area contributed by atoms with Gasteiger partial charge in [0, 0.05) is 38.2 Å². The van der Waals surface area contributed by atoms with E-state index < -0.39 is 6.04 Å². The molecule has 1 aromatic heterocycles. The molecular formula is C21H29N5O3. The third-order valence-electron chi connectivity index (χ3n) is 4.66. The second kappa shape index (κ2) is 9.17. The Bertz CT molecular complexity index is 828. The Hall–Kier alpha value is -2.74. The fraction of sp³-hybridized carbons (Fsp3) is 0.524. The van der Waals surface area contributed by atoms with Gasteiger partial charge in [-0.3, -0.25) is 14.5 Å². The summed E-state index contributed by atoms with van der Waals surface area (Å²) in [6.45, 7) is 8.91. The Labute approximate surface area is 171 Å². The molecule has 1 aromatic carbocycles. The number of carbonyl (C=O) groups excluding carboxylic acids is 2. The molecule has 1 atom stereocenters. The molecule has 1 aliphatic heterocycles. The standard InChI is InChI=1S/C21H29N5O3/c1-21(2,3)14-26-12-11-23-20(28)16(26)13-17(27)22-10-9-18-24-19(25-29-18)15-7-5-4-6-8-15/h4-8,16H,9-14H2,1-3H3,(H,22,27)(H,23,28). The van der Waals surface area contributed by atoms with Crippen LogP contribution in [0, 0.1) is 5.41 Å². The third kappa shape index (κ3) is 6.12. The molecule has 2 N–H and O–H groups in total. The molecule has 1 saturated heterocycles. The van der Waals surface area contributed by atoms with E-state index >= 15 is 0 Å². The van der Waals surface area contributed by atoms with Gasteiger partial charge >= 0.3 is 0 Å². The number of hydrogen-bond donors (Lipinski definition) is 2. The predicted molar refractivity (Wildman–Crippen MR) is 109 cm³/mol. The summed E-state index contributed by atoms with van der Waals surface area (Å²) < 4.78 is 5.26. The molecule has 0 bridgehead atoms. The van der Waals surface area contributed by atoms with Crippen molar-refractivity contribution in [3.63, 3.8) is 0 Å². The van der Waals surface area contributed by atoms with Crippen molar-refractivity contribution >= 4 is 11.8 Å². The van der Waals surface area contributed by atoms with Gasteiger partial charge in [-0.05, 0) is 5.41 Å². The number of nitrogens with one attached hydrogen (secondary N) is 2. The molecule has 1 aliphatic rings. The van der Waals surface area contributed by atoms with Gasteiger partial charge in [-0.1, -0.05) is 56.3 Å². The number of piperazine rings is 1. The van der Waals surface area contributed by atoms with E-state index in [1.165, 1.54) is 0 Å². The van der Waals surface area contributed by atoms with Crippen molar-refractivity contribution < 1.29 is 14.1 Å². The maximum Gasteiger partial charge on any atom is 0.237 e. The van der Waals surface area contributed by atoms with Crippen LogP contribution in [-0.4, -0.2) is 59.1 Å². The summed E-state index contributed by atoms with van der Waals surface area (Å²) in [6.07, 6.45) is 0.579. The highest BCUT2D eigenvalue weighted by Crippen LogP contribution is 2.19. The first kappa shape index (κ1) is 21.0. The first-order valence-corrected chi connectivity index (χ1v) is 9.98. The van der Waals surface area contributed by atoms with Crippen LogP contribution in [0.3, 0.4) is 0 Å². The number of hydrogen-bond acceptors (Lipinski definition) is 6. The minimum absolute atomic E-state index is 0.0563. The van der Waals surface area contributed by atoms with Crippen LogP contribution in [0.5, 0.6) is 0 Å². The van der Waals surface area contributed by atoms with E-state index in [9.17, 15) is 9.59 Å². The minimum atomic E-state index is -0.434. The summed E-state index contributed by atoms with van der Waals surface area (Å²) in [6, 6.07) is 9.14. The van der Waals surface area contributed by atoms with E-state index in [-0.39, 0.29) is 23.7 Å². The third-order valence-corrected chi connectivity index (χ3v) is 4.66. The molecule has 8 heteroatoms. The lowest BCUT2D eigenvalue weighted by Gasteiger charge is -2.38. The van der Waals surface area contributed by atoms with E-state index in [0.29, 0.717) is 31.2 Å². The van der Waals surface area contributed by atoms with Crippen molar-refractivity contribution in [3.05, 3.63) is 36.2 Å². The van der Waals surface area contributed by atoms with Crippen molar-refractivity contribution in [2.24, 2.45) is 5.41 Å². The van der Waals surface area contributed by atoms with Gasteiger partial charge < -0.3 is 15.2 Å². The summed E-state index contributed by atoms with van der Waals surface area (Å²) in [4.78, 5) is 31.1. The highest BCUT2D eigenvalue weighted by atomic mass is 16.5. The van der Waals surface area contributed by atoms with Gasteiger partial charge in [-0.25, -0.2) is 0 Å². The van der Waals surface area contributed by atoms with E-state index in [4.69, 9.17) is 4.52 Å². The predicted octanol–water partition coefficient (Wildman–Crippen LogP) is 1.63. The largest absolute Gasteiger partial charge is 0.356 e. The summed E-state index contributed by atoms with van der Waals surface area (Å²) in [5.74, 6) is 0.756. The number of rotatable bonds is 7. The van der Waals surface area contributed by atoms with E-state index in [1.807, 2.05) is 30.3 Å². The highest BCUT2D eigenvalue weighted by Gasteiger charge is 2.33. The molecule has 2 amide bonds.